The van der Waals surface area contributed by atoms with E-state index in [4.69, 9.17) is 15.3 Å². The topological polar surface area (TPSA) is 69.9 Å². The molecule has 0 aliphatic carbocycles. The summed E-state index contributed by atoms with van der Waals surface area (Å²) in [7, 11) is 0. The highest BCUT2D eigenvalue weighted by Gasteiger charge is 2.44. The fraction of sp³-hybridized carbons (Fsp3) is 1.00. The van der Waals surface area contributed by atoms with Gasteiger partial charge in [-0.05, 0) is 0 Å². The molecule has 0 aromatic heterocycles. The summed E-state index contributed by atoms with van der Waals surface area (Å²) in [4.78, 5) is 0. The minimum Gasteiger partial charge on any atom is -0.387 e. The van der Waals surface area contributed by atoms with Crippen molar-refractivity contribution in [1.82, 2.24) is 0 Å². The van der Waals surface area contributed by atoms with Crippen LogP contribution in [-0.2, 0) is 4.74 Å². The van der Waals surface area contributed by atoms with Gasteiger partial charge >= 0.3 is 0 Å². The van der Waals surface area contributed by atoms with Crippen molar-refractivity contribution < 1.29 is 28.8 Å². The Hall–Kier alpha value is -0.300. The van der Waals surface area contributed by atoms with Gasteiger partial charge in [-0.25, -0.2) is 8.78 Å². The van der Waals surface area contributed by atoms with E-state index < -0.39 is 31.0 Å². The summed E-state index contributed by atoms with van der Waals surface area (Å²) in [5.41, 5.74) is 0. The van der Waals surface area contributed by atoms with E-state index in [1.165, 1.54) is 0 Å². The fourth-order valence-electron chi connectivity index (χ4n) is 0.797. The molecule has 0 aromatic carbocycles. The molecule has 66 valence electrons. The number of alkyl halides is 2. The summed E-state index contributed by atoms with van der Waals surface area (Å²) in [5, 5.41) is 26.0. The zero-order valence-electron chi connectivity index (χ0n) is 5.39. The van der Waals surface area contributed by atoms with Gasteiger partial charge in [0, 0.05) is 0 Å². The molecular formula is C5H8F2O4. The molecule has 5 atom stereocenters. The van der Waals surface area contributed by atoms with E-state index in [2.05, 4.69) is 4.74 Å². The molecule has 1 fully saturated rings. The molecule has 1 rings (SSSR count). The van der Waals surface area contributed by atoms with Crippen LogP contribution in [0.2, 0.25) is 0 Å². The number of aliphatic hydroxyl groups excluding tert-OH is 3. The van der Waals surface area contributed by atoms with Crippen molar-refractivity contribution in [2.24, 2.45) is 0 Å². The third-order valence-corrected chi connectivity index (χ3v) is 1.50. The Balaban J connectivity index is 2.63. The van der Waals surface area contributed by atoms with E-state index in [1.807, 2.05) is 0 Å². The van der Waals surface area contributed by atoms with Gasteiger partial charge in [-0.2, -0.15) is 0 Å². The average Bonchev–Trinajstić information content (AvgIpc) is 1.97. The Morgan fingerprint density at radius 1 is 0.818 bits per heavy atom. The summed E-state index contributed by atoms with van der Waals surface area (Å²) >= 11 is 0. The van der Waals surface area contributed by atoms with E-state index >= 15 is 0 Å². The lowest BCUT2D eigenvalue weighted by Gasteiger charge is -2.33. The molecule has 0 aromatic rings. The zero-order valence-corrected chi connectivity index (χ0v) is 5.39. The van der Waals surface area contributed by atoms with E-state index in [0.29, 0.717) is 0 Å². The predicted molar refractivity (Wildman–Crippen MR) is 28.9 cm³/mol. The highest BCUT2D eigenvalue weighted by molar-refractivity contribution is 4.84. The average molecular weight is 170 g/mol. The normalized spacial score (nSPS) is 52.6. The van der Waals surface area contributed by atoms with Crippen LogP contribution in [-0.4, -0.2) is 46.3 Å². The van der Waals surface area contributed by atoms with E-state index in [-0.39, 0.29) is 0 Å². The highest BCUT2D eigenvalue weighted by atomic mass is 19.2. The smallest absolute Gasteiger partial charge is 0.230 e. The first-order chi connectivity index (χ1) is 5.04. The standard InChI is InChI=1S/C5H8F2O4/c6-4-2(9)1(8)3(10)5(7)11-4/h1-5,8-10H/t1?,2-,3+,4-,5+. The maximum atomic E-state index is 12.3. The fourth-order valence-corrected chi connectivity index (χ4v) is 0.797. The maximum absolute atomic E-state index is 12.3. The highest BCUT2D eigenvalue weighted by Crippen LogP contribution is 2.22. The van der Waals surface area contributed by atoms with Crippen LogP contribution in [0.25, 0.3) is 0 Å². The summed E-state index contributed by atoms with van der Waals surface area (Å²) < 4.78 is 28.3. The van der Waals surface area contributed by atoms with Gasteiger partial charge in [0.25, 0.3) is 0 Å². The molecule has 3 N–H and O–H groups in total. The first kappa shape index (κ1) is 8.79. The van der Waals surface area contributed by atoms with Gasteiger partial charge < -0.3 is 20.1 Å². The molecule has 0 spiro atoms. The number of hydrogen-bond acceptors (Lipinski definition) is 4. The van der Waals surface area contributed by atoms with Gasteiger partial charge in [-0.15, -0.1) is 0 Å². The second kappa shape index (κ2) is 2.98. The lowest BCUT2D eigenvalue weighted by Crippen LogP contribution is -2.54. The monoisotopic (exact) mass is 170 g/mol. The summed E-state index contributed by atoms with van der Waals surface area (Å²) in [6.07, 6.45) is -10.2. The molecule has 11 heavy (non-hydrogen) atoms. The second-order valence-electron chi connectivity index (χ2n) is 2.31. The Morgan fingerprint density at radius 3 is 1.55 bits per heavy atom. The summed E-state index contributed by atoms with van der Waals surface area (Å²) in [6.45, 7) is 0. The number of hydrogen-bond donors (Lipinski definition) is 3. The van der Waals surface area contributed by atoms with Gasteiger partial charge in [0.1, 0.15) is 18.3 Å². The van der Waals surface area contributed by atoms with Crippen molar-refractivity contribution in [2.45, 2.75) is 31.0 Å². The number of ether oxygens (including phenoxy) is 1. The van der Waals surface area contributed by atoms with Gasteiger partial charge in [0.15, 0.2) is 0 Å². The quantitative estimate of drug-likeness (QED) is 0.422. The van der Waals surface area contributed by atoms with E-state index in [1.54, 1.807) is 0 Å². The lowest BCUT2D eigenvalue weighted by molar-refractivity contribution is -0.288. The predicted octanol–water partition coefficient (Wildman–Crippen LogP) is -1.31. The first-order valence-corrected chi connectivity index (χ1v) is 3.02. The molecule has 6 heteroatoms. The zero-order chi connectivity index (χ0) is 8.59. The van der Waals surface area contributed by atoms with Crippen LogP contribution in [0.3, 0.4) is 0 Å². The summed E-state index contributed by atoms with van der Waals surface area (Å²) in [5.74, 6) is 0. The summed E-state index contributed by atoms with van der Waals surface area (Å²) in [6, 6.07) is 0. The van der Waals surface area contributed by atoms with Crippen molar-refractivity contribution in [3.63, 3.8) is 0 Å². The van der Waals surface area contributed by atoms with Crippen molar-refractivity contribution in [3.05, 3.63) is 0 Å². The van der Waals surface area contributed by atoms with Gasteiger partial charge in [-0.3, -0.25) is 0 Å². The number of rotatable bonds is 0. The Kier molecular flexibility index (Phi) is 2.38. The first-order valence-electron chi connectivity index (χ1n) is 3.02. The third-order valence-electron chi connectivity index (χ3n) is 1.50. The molecule has 0 amide bonds. The molecule has 4 nitrogen and oxygen atoms in total. The minimum atomic E-state index is -2.29. The Morgan fingerprint density at radius 2 is 1.18 bits per heavy atom. The lowest BCUT2D eigenvalue weighted by atomic mass is 10.1. The van der Waals surface area contributed by atoms with Crippen molar-refractivity contribution in [3.8, 4) is 0 Å². The molecule has 1 saturated heterocycles. The number of aliphatic hydroxyl groups is 3. The molecule has 1 aliphatic rings. The van der Waals surface area contributed by atoms with Crippen LogP contribution in [0.4, 0.5) is 8.78 Å². The molecule has 0 saturated carbocycles. The Labute approximate surface area is 61.0 Å². The molecule has 1 unspecified atom stereocenters. The molecule has 0 radical (unpaired) electrons. The van der Waals surface area contributed by atoms with Crippen LogP contribution >= 0.6 is 0 Å². The van der Waals surface area contributed by atoms with Crippen LogP contribution < -0.4 is 0 Å². The largest absolute Gasteiger partial charge is 0.387 e. The SMILES string of the molecule is OC1[C@@H](O)[C@H](F)O[C@H](F)[C@H]1O. The van der Waals surface area contributed by atoms with E-state index in [0.717, 1.165) is 0 Å². The molecule has 0 bridgehead atoms. The maximum Gasteiger partial charge on any atom is 0.230 e. The van der Waals surface area contributed by atoms with Crippen molar-refractivity contribution in [1.29, 1.82) is 0 Å². The van der Waals surface area contributed by atoms with Crippen LogP contribution in [0.15, 0.2) is 0 Å². The van der Waals surface area contributed by atoms with Crippen LogP contribution in [0, 0.1) is 0 Å². The molecular weight excluding hydrogens is 162 g/mol. The van der Waals surface area contributed by atoms with Crippen molar-refractivity contribution >= 4 is 0 Å². The van der Waals surface area contributed by atoms with Gasteiger partial charge in [-0.1, -0.05) is 0 Å². The molecule has 1 heterocycles. The second-order valence-corrected chi connectivity index (χ2v) is 2.31. The van der Waals surface area contributed by atoms with Gasteiger partial charge in [0.05, 0.1) is 0 Å². The Bertz CT molecular complexity index is 130. The molecule has 1 aliphatic heterocycles. The van der Waals surface area contributed by atoms with Crippen LogP contribution in [0.5, 0.6) is 0 Å². The van der Waals surface area contributed by atoms with Crippen molar-refractivity contribution in [2.75, 3.05) is 0 Å². The number of halogens is 2. The minimum absolute atomic E-state index is 1.84. The van der Waals surface area contributed by atoms with Crippen LogP contribution in [0.1, 0.15) is 0 Å². The van der Waals surface area contributed by atoms with Gasteiger partial charge in [0.2, 0.25) is 12.7 Å². The van der Waals surface area contributed by atoms with E-state index in [9.17, 15) is 8.78 Å². The third kappa shape index (κ3) is 1.48.